The number of hydrogen-bond acceptors (Lipinski definition) is 16. The third-order valence-electron chi connectivity index (χ3n) is 16.0. The summed E-state index contributed by atoms with van der Waals surface area (Å²) in [6.07, 6.45) is 1.66. The molecule has 93 heavy (non-hydrogen) atoms. The maximum absolute atomic E-state index is 13.3. The summed E-state index contributed by atoms with van der Waals surface area (Å²) in [4.78, 5) is 63.9. The van der Waals surface area contributed by atoms with Crippen LogP contribution in [0.2, 0.25) is 0 Å². The Balaban J connectivity index is 0.000000202. The Morgan fingerprint density at radius 2 is 0.935 bits per heavy atom. The van der Waals surface area contributed by atoms with Crippen molar-refractivity contribution in [2.24, 2.45) is 5.73 Å². The Morgan fingerprint density at radius 3 is 1.38 bits per heavy atom. The van der Waals surface area contributed by atoms with Gasteiger partial charge in [-0.05, 0) is 119 Å². The monoisotopic (exact) mass is 1250 g/mol. The number of benzene rings is 8. The summed E-state index contributed by atoms with van der Waals surface area (Å²) >= 11 is 0. The molecule has 18 heteroatoms. The smallest absolute Gasteiger partial charge is 0.373 e. The second kappa shape index (κ2) is 40.4. The number of carbonyl (C=O) groups is 1. The van der Waals surface area contributed by atoms with E-state index in [4.69, 9.17) is 51.0 Å². The number of piperazine rings is 3. The number of anilines is 3. The van der Waals surface area contributed by atoms with Crippen molar-refractivity contribution in [1.29, 1.82) is 5.26 Å². The van der Waals surface area contributed by atoms with Gasteiger partial charge in [-0.25, -0.2) is 4.85 Å². The largest absolute Gasteiger partial charge is 0.497 e. The molecule has 3 N–H and O–H groups in total. The predicted molar refractivity (Wildman–Crippen MR) is 363 cm³/mol. The van der Waals surface area contributed by atoms with Gasteiger partial charge in [0, 0.05) is 121 Å². The maximum atomic E-state index is 13.3. The molecule has 3 aliphatic heterocycles. The number of ether oxygens (including phenoxy) is 3. The first-order valence-electron chi connectivity index (χ1n) is 30.9. The Morgan fingerprint density at radius 1 is 0.516 bits per heavy atom. The van der Waals surface area contributed by atoms with Gasteiger partial charge >= 0.3 is 12.3 Å². The lowest BCUT2D eigenvalue weighted by Gasteiger charge is -2.42. The normalized spacial score (nSPS) is 15.1. The number of rotatable bonds is 17. The molecule has 0 bridgehead atoms. The van der Waals surface area contributed by atoms with Crippen LogP contribution in [-0.2, 0) is 56.7 Å². The second-order valence-electron chi connectivity index (χ2n) is 21.9. The summed E-state index contributed by atoms with van der Waals surface area (Å²) in [7, 11) is 5.07. The van der Waals surface area contributed by atoms with E-state index in [1.165, 1.54) is 28.1 Å². The van der Waals surface area contributed by atoms with Crippen molar-refractivity contribution in [1.82, 2.24) is 20.0 Å². The summed E-state index contributed by atoms with van der Waals surface area (Å²) in [5, 5.41) is 11.6. The van der Waals surface area contributed by atoms with E-state index in [9.17, 15) is 4.79 Å². The molecule has 482 valence electrons. The summed E-state index contributed by atoms with van der Waals surface area (Å²) in [5.41, 5.74) is 16.3. The van der Waals surface area contributed by atoms with Crippen LogP contribution in [0, 0.1) is 17.9 Å². The summed E-state index contributed by atoms with van der Waals surface area (Å²) < 4.78 is 15.8. The number of hydrogen-bond donors (Lipinski definition) is 2. The zero-order valence-corrected chi connectivity index (χ0v) is 53.6. The molecule has 8 aromatic carbocycles. The van der Waals surface area contributed by atoms with Gasteiger partial charge in [-0.15, -0.1) is 0 Å². The van der Waals surface area contributed by atoms with E-state index in [1.807, 2.05) is 84.9 Å². The predicted octanol–water partition coefficient (Wildman–Crippen LogP) is 10.9. The van der Waals surface area contributed by atoms with Gasteiger partial charge in [-0.2, -0.15) is 24.4 Å². The fourth-order valence-corrected chi connectivity index (χ4v) is 11.1. The minimum Gasteiger partial charge on any atom is -0.497 e. The van der Waals surface area contributed by atoms with Crippen molar-refractivity contribution < 1.29 is 38.2 Å². The molecular weight excluding hydrogens is 1170 g/mol. The SMILES string of the molecule is CCC1CN(Cc2ccccc2)CCN1c1ccc(OC)cc1.COc1ccc(N2CCN(Cc3ccccc3)CC2)cc1.N#Cc1cccc(CN)c1.O=C=O.O=C=O.[C-]#[N+]c1ccc(CNC(=O)C2CN(Cc3ccccc3)CCN2c2ccc(OC)cc2)cc1. The van der Waals surface area contributed by atoms with E-state index in [-0.39, 0.29) is 24.3 Å². The van der Waals surface area contributed by atoms with E-state index in [0.29, 0.717) is 36.9 Å². The first kappa shape index (κ1) is 71.7. The zero-order chi connectivity index (χ0) is 66.4. The highest BCUT2D eigenvalue weighted by Gasteiger charge is 2.33. The lowest BCUT2D eigenvalue weighted by atomic mass is 10.1. The highest BCUT2D eigenvalue weighted by molar-refractivity contribution is 5.86. The molecule has 0 aliphatic carbocycles. The standard InChI is InChI=1S/C27H28N4O2.C20H26N2O.C18H22N2O.C8H8N2.2CO2/c1-28-23-10-8-21(9-11-23)18-29-27(32)26-20-30(19-22-6-4-3-5-7-22)16-17-31(26)24-12-14-25(33-2)15-13-24;1-3-18-16-21(15-17-7-5-4-6-8-17)13-14-22(18)19-9-11-20(23-2)12-10-19;1-21-18-9-7-17(8-10-18)20-13-11-19(12-14-20)15-16-5-3-2-4-6-16;9-5-7-2-1-3-8(4-7)6-10;2*2-1-3/h3-15,26H,16-20H2,2H3,(H,29,32);4-12,18H,3,13-16H2,1-2H3;2-10H,11-15H2,1H3;1-4H,5,9H2;;. The van der Waals surface area contributed by atoms with E-state index >= 15 is 0 Å². The maximum Gasteiger partial charge on any atom is 0.373 e. The molecular formula is C75H84N10O8. The number of carbonyl (C=O) groups excluding carboxylic acids is 5. The molecule has 0 aromatic heterocycles. The van der Waals surface area contributed by atoms with Crippen LogP contribution >= 0.6 is 0 Å². The molecule has 3 aliphatic rings. The molecule has 18 nitrogen and oxygen atoms in total. The highest BCUT2D eigenvalue weighted by atomic mass is 16.5. The fourth-order valence-electron chi connectivity index (χ4n) is 11.1. The van der Waals surface area contributed by atoms with Crippen molar-refractivity contribution in [2.45, 2.75) is 58.2 Å². The van der Waals surface area contributed by atoms with Crippen molar-refractivity contribution in [3.05, 3.63) is 257 Å². The van der Waals surface area contributed by atoms with Gasteiger partial charge in [-0.3, -0.25) is 19.5 Å². The highest BCUT2D eigenvalue weighted by Crippen LogP contribution is 2.28. The Hall–Kier alpha value is -10.4. The van der Waals surface area contributed by atoms with E-state index < -0.39 is 0 Å². The number of amides is 1. The topological polar surface area (TPSA) is 199 Å². The van der Waals surface area contributed by atoms with Crippen LogP contribution in [-0.4, -0.2) is 132 Å². The van der Waals surface area contributed by atoms with Crippen LogP contribution in [0.1, 0.15) is 46.7 Å². The van der Waals surface area contributed by atoms with Crippen molar-refractivity contribution >= 4 is 41.0 Å². The average molecular weight is 1250 g/mol. The molecule has 0 saturated carbocycles. The van der Waals surface area contributed by atoms with E-state index in [1.54, 1.807) is 45.6 Å². The number of nitrogens with one attached hydrogen (secondary N) is 1. The Labute approximate surface area is 547 Å². The first-order chi connectivity index (χ1) is 45.5. The molecule has 2 atom stereocenters. The zero-order valence-electron chi connectivity index (χ0n) is 53.6. The van der Waals surface area contributed by atoms with Gasteiger partial charge in [0.2, 0.25) is 5.91 Å². The fraction of sp³-hybridized carbons (Fsp3) is 0.293. The third-order valence-corrected chi connectivity index (χ3v) is 16.0. The second-order valence-corrected chi connectivity index (χ2v) is 21.9. The van der Waals surface area contributed by atoms with Crippen LogP contribution < -0.4 is 40.0 Å². The molecule has 0 radical (unpaired) electrons. The molecule has 2 unspecified atom stereocenters. The van der Waals surface area contributed by atoms with Gasteiger partial charge in [0.1, 0.15) is 23.3 Å². The lowest BCUT2D eigenvalue weighted by molar-refractivity contribution is -0.193. The van der Waals surface area contributed by atoms with Crippen LogP contribution in [0.25, 0.3) is 4.85 Å². The number of methoxy groups -OCH3 is 3. The van der Waals surface area contributed by atoms with Crippen molar-refractivity contribution in [2.75, 3.05) is 101 Å². The van der Waals surface area contributed by atoms with Gasteiger partial charge in [0.05, 0.1) is 39.5 Å². The van der Waals surface area contributed by atoms with Crippen LogP contribution in [0.5, 0.6) is 17.2 Å². The van der Waals surface area contributed by atoms with E-state index in [2.05, 4.69) is 156 Å². The third kappa shape index (κ3) is 24.1. The molecule has 11 rings (SSSR count). The van der Waals surface area contributed by atoms with Crippen LogP contribution in [0.15, 0.2) is 212 Å². The van der Waals surface area contributed by atoms with Crippen molar-refractivity contribution in [3.63, 3.8) is 0 Å². The number of nitrogens with zero attached hydrogens (tertiary/aromatic N) is 8. The first-order valence-corrected chi connectivity index (χ1v) is 30.9. The van der Waals surface area contributed by atoms with Gasteiger partial charge < -0.3 is 40.0 Å². The van der Waals surface area contributed by atoms with Crippen LogP contribution in [0.4, 0.5) is 22.7 Å². The molecule has 3 saturated heterocycles. The number of nitriles is 1. The molecule has 8 aromatic rings. The molecule has 3 heterocycles. The average Bonchev–Trinajstić information content (AvgIpc) is 1.72. The van der Waals surface area contributed by atoms with Crippen LogP contribution in [0.3, 0.4) is 0 Å². The lowest BCUT2D eigenvalue weighted by Crippen LogP contribution is -2.59. The minimum atomic E-state index is -0.307. The molecule has 3 fully saturated rings. The number of nitrogens with two attached hydrogens (primary N) is 1. The summed E-state index contributed by atoms with van der Waals surface area (Å²) in [5.74, 6) is 2.63. The van der Waals surface area contributed by atoms with Gasteiger partial charge in [0.15, 0.2) is 5.69 Å². The summed E-state index contributed by atoms with van der Waals surface area (Å²) in [6.45, 7) is 23.2. The molecule has 0 spiro atoms. The van der Waals surface area contributed by atoms with Gasteiger partial charge in [0.25, 0.3) is 0 Å². The molecule has 1 amide bonds. The minimum absolute atomic E-state index is 0.00200. The van der Waals surface area contributed by atoms with Crippen molar-refractivity contribution in [3.8, 4) is 23.3 Å². The van der Waals surface area contributed by atoms with E-state index in [0.717, 1.165) is 119 Å². The Kier molecular flexibility index (Phi) is 31.1. The summed E-state index contributed by atoms with van der Waals surface area (Å²) in [6, 6.07) is 73.5. The van der Waals surface area contributed by atoms with Gasteiger partial charge in [-0.1, -0.05) is 134 Å². The quantitative estimate of drug-likeness (QED) is 0.0815. The Bertz CT molecular complexity index is 3560.